The lowest BCUT2D eigenvalue weighted by atomic mass is 10.1. The summed E-state index contributed by atoms with van der Waals surface area (Å²) < 4.78 is 0. The van der Waals surface area contributed by atoms with Gasteiger partial charge in [0.2, 0.25) is 5.95 Å². The quantitative estimate of drug-likeness (QED) is 0.682. The highest BCUT2D eigenvalue weighted by Crippen LogP contribution is 2.34. The first-order valence-electron chi connectivity index (χ1n) is 7.39. The predicted molar refractivity (Wildman–Crippen MR) is 96.6 cm³/mol. The summed E-state index contributed by atoms with van der Waals surface area (Å²) >= 11 is 7.22. The van der Waals surface area contributed by atoms with Crippen LogP contribution in [0.25, 0.3) is 21.8 Å². The zero-order valence-corrected chi connectivity index (χ0v) is 15.1. The first-order valence-corrected chi connectivity index (χ1v) is 8.58. The summed E-state index contributed by atoms with van der Waals surface area (Å²) in [7, 11) is 3.71. The maximum atomic E-state index is 11.1. The monoisotopic (exact) mass is 373 g/mol. The summed E-state index contributed by atoms with van der Waals surface area (Å²) in [5, 5.41) is 12.4. The van der Waals surface area contributed by atoms with Crippen molar-refractivity contribution in [2.75, 3.05) is 19.0 Å². The van der Waals surface area contributed by atoms with Gasteiger partial charge in [0.1, 0.15) is 5.01 Å². The van der Waals surface area contributed by atoms with Crippen LogP contribution in [0.1, 0.15) is 4.88 Å². The summed E-state index contributed by atoms with van der Waals surface area (Å²) in [6.07, 6.45) is 3.15. The molecular weight excluding hydrogens is 360 g/mol. The number of hydrogen-bond acceptors (Lipinski definition) is 7. The summed E-state index contributed by atoms with van der Waals surface area (Å²) in [4.78, 5) is 26.7. The lowest BCUT2D eigenvalue weighted by Gasteiger charge is -2.08. The fourth-order valence-corrected chi connectivity index (χ4v) is 3.39. The van der Waals surface area contributed by atoms with E-state index in [0.717, 1.165) is 11.1 Å². The molecule has 0 atom stereocenters. The number of halogens is 1. The number of benzene rings is 1. The molecule has 25 heavy (non-hydrogen) atoms. The number of aliphatic carboxylic acids is 1. The fraction of sp³-hybridized carbons (Fsp3) is 0.176. The third kappa shape index (κ3) is 3.94. The maximum Gasteiger partial charge on any atom is 0.224 e. The van der Waals surface area contributed by atoms with Crippen LogP contribution in [0, 0.1) is 0 Å². The van der Waals surface area contributed by atoms with Crippen LogP contribution in [-0.2, 0) is 11.2 Å². The number of carboxylic acid groups (broad SMARTS) is 1. The molecule has 1 aromatic carbocycles. The van der Waals surface area contributed by atoms with Gasteiger partial charge in [-0.1, -0.05) is 23.7 Å². The minimum atomic E-state index is -1.15. The van der Waals surface area contributed by atoms with Crippen LogP contribution >= 0.6 is 22.9 Å². The van der Waals surface area contributed by atoms with Gasteiger partial charge < -0.3 is 14.8 Å². The predicted octanol–water partition coefficient (Wildman–Crippen LogP) is 2.28. The Bertz CT molecular complexity index is 892. The molecule has 0 unspecified atom stereocenters. The van der Waals surface area contributed by atoms with Crippen molar-refractivity contribution in [2.24, 2.45) is 0 Å². The molecule has 0 fully saturated rings. The number of nitrogens with zero attached hydrogens (tertiary/aromatic N) is 4. The van der Waals surface area contributed by atoms with Crippen molar-refractivity contribution >= 4 is 34.9 Å². The van der Waals surface area contributed by atoms with Gasteiger partial charge in [-0.2, -0.15) is 0 Å². The van der Waals surface area contributed by atoms with Crippen LogP contribution < -0.4 is 10.0 Å². The van der Waals surface area contributed by atoms with Gasteiger partial charge in [0.25, 0.3) is 0 Å². The lowest BCUT2D eigenvalue weighted by Crippen LogP contribution is -2.24. The van der Waals surface area contributed by atoms with E-state index in [-0.39, 0.29) is 6.42 Å². The van der Waals surface area contributed by atoms with Crippen LogP contribution in [-0.4, -0.2) is 35.0 Å². The summed E-state index contributed by atoms with van der Waals surface area (Å²) in [5.41, 5.74) is 2.14. The number of rotatable bonds is 5. The molecule has 0 aliphatic carbocycles. The van der Waals surface area contributed by atoms with E-state index in [9.17, 15) is 9.90 Å². The molecule has 0 N–H and O–H groups in total. The van der Waals surface area contributed by atoms with Crippen LogP contribution in [0.2, 0.25) is 5.02 Å². The van der Waals surface area contributed by atoms with Gasteiger partial charge in [0, 0.05) is 59.9 Å². The van der Waals surface area contributed by atoms with Crippen LogP contribution in [0.4, 0.5) is 5.95 Å². The van der Waals surface area contributed by atoms with E-state index in [1.807, 2.05) is 26.2 Å². The molecule has 0 spiro atoms. The van der Waals surface area contributed by atoms with Gasteiger partial charge >= 0.3 is 0 Å². The Kier molecular flexibility index (Phi) is 4.96. The molecule has 0 aliphatic rings. The topological polar surface area (TPSA) is 82.0 Å². The second-order valence-corrected chi connectivity index (χ2v) is 7.03. The number of thiazole rings is 1. The van der Waals surface area contributed by atoms with Gasteiger partial charge in [-0.3, -0.25) is 0 Å². The van der Waals surface area contributed by atoms with Crippen molar-refractivity contribution in [2.45, 2.75) is 6.42 Å². The number of hydrogen-bond donors (Lipinski definition) is 0. The minimum absolute atomic E-state index is 0.202. The minimum Gasteiger partial charge on any atom is -0.550 e. The van der Waals surface area contributed by atoms with Crippen molar-refractivity contribution in [1.82, 2.24) is 15.0 Å². The molecule has 3 rings (SSSR count). The van der Waals surface area contributed by atoms with Crippen LogP contribution in [0.15, 0.2) is 36.7 Å². The van der Waals surface area contributed by atoms with E-state index in [0.29, 0.717) is 26.5 Å². The zero-order valence-electron chi connectivity index (χ0n) is 13.6. The normalized spacial score (nSPS) is 10.7. The molecule has 0 bridgehead atoms. The van der Waals surface area contributed by atoms with Crippen molar-refractivity contribution < 1.29 is 9.90 Å². The van der Waals surface area contributed by atoms with E-state index in [1.165, 1.54) is 11.3 Å². The first kappa shape index (κ1) is 17.3. The van der Waals surface area contributed by atoms with E-state index in [1.54, 1.807) is 29.4 Å². The van der Waals surface area contributed by atoms with Gasteiger partial charge in [-0.25, -0.2) is 15.0 Å². The second-order valence-electron chi connectivity index (χ2n) is 5.51. The number of carboxylic acids is 1. The molecule has 8 heteroatoms. The Labute approximate surface area is 153 Å². The van der Waals surface area contributed by atoms with Crippen molar-refractivity contribution in [3.8, 4) is 21.8 Å². The molecule has 0 saturated heterocycles. The SMILES string of the molecule is CN(C)c1ncc(-c2nc(-c3ccc(Cl)cc3)c(CC(=O)[O-])s2)cn1. The number of aromatic nitrogens is 3. The van der Waals surface area contributed by atoms with Gasteiger partial charge in [-0.05, 0) is 12.1 Å². The second kappa shape index (κ2) is 7.16. The first-order chi connectivity index (χ1) is 11.9. The number of carbonyl (C=O) groups is 1. The van der Waals surface area contributed by atoms with Crippen molar-refractivity contribution in [3.63, 3.8) is 0 Å². The maximum absolute atomic E-state index is 11.1. The Morgan fingerprint density at radius 3 is 2.36 bits per heavy atom. The largest absolute Gasteiger partial charge is 0.550 e. The third-order valence-electron chi connectivity index (χ3n) is 3.41. The van der Waals surface area contributed by atoms with E-state index in [2.05, 4.69) is 15.0 Å². The van der Waals surface area contributed by atoms with Crippen molar-refractivity contribution in [3.05, 3.63) is 46.6 Å². The molecule has 128 valence electrons. The molecule has 6 nitrogen and oxygen atoms in total. The molecule has 2 aromatic heterocycles. The van der Waals surface area contributed by atoms with E-state index < -0.39 is 5.97 Å². The zero-order chi connectivity index (χ0) is 18.0. The van der Waals surface area contributed by atoms with Gasteiger partial charge in [-0.15, -0.1) is 11.3 Å². The molecular formula is C17H14ClN4O2S-. The summed E-state index contributed by atoms with van der Waals surface area (Å²) in [6, 6.07) is 7.11. The highest BCUT2D eigenvalue weighted by atomic mass is 35.5. The fourth-order valence-electron chi connectivity index (χ4n) is 2.22. The van der Waals surface area contributed by atoms with E-state index in [4.69, 9.17) is 11.6 Å². The average molecular weight is 374 g/mol. The Morgan fingerprint density at radius 2 is 1.80 bits per heavy atom. The Balaban J connectivity index is 2.03. The van der Waals surface area contributed by atoms with E-state index >= 15 is 0 Å². The van der Waals surface area contributed by atoms with Crippen molar-refractivity contribution in [1.29, 1.82) is 0 Å². The molecule has 0 amide bonds. The highest BCUT2D eigenvalue weighted by molar-refractivity contribution is 7.15. The van der Waals surface area contributed by atoms with Gasteiger partial charge in [0.05, 0.1) is 5.69 Å². The number of carbonyl (C=O) groups excluding carboxylic acids is 1. The molecule has 0 saturated carbocycles. The molecule has 2 heterocycles. The summed E-state index contributed by atoms with van der Waals surface area (Å²) in [6.45, 7) is 0. The van der Waals surface area contributed by atoms with Gasteiger partial charge in [0.15, 0.2) is 0 Å². The Hall–Kier alpha value is -2.51. The lowest BCUT2D eigenvalue weighted by molar-refractivity contribution is -0.304. The molecule has 0 radical (unpaired) electrons. The molecule has 0 aliphatic heterocycles. The smallest absolute Gasteiger partial charge is 0.224 e. The van der Waals surface area contributed by atoms with Crippen LogP contribution in [0.3, 0.4) is 0 Å². The highest BCUT2D eigenvalue weighted by Gasteiger charge is 2.15. The average Bonchev–Trinajstić information content (AvgIpc) is 2.98. The standard InChI is InChI=1S/C17H15ClN4O2S/c1-22(2)17-19-8-11(9-20-17)16-21-15(13(25-16)7-14(23)24)10-3-5-12(18)6-4-10/h3-6,8-9H,7H2,1-2H3,(H,23,24)/p-1. The Morgan fingerprint density at radius 1 is 1.16 bits per heavy atom. The summed E-state index contributed by atoms with van der Waals surface area (Å²) in [5.74, 6) is -0.558. The third-order valence-corrected chi connectivity index (χ3v) is 4.76. The van der Waals surface area contributed by atoms with Crippen LogP contribution in [0.5, 0.6) is 0 Å². The number of anilines is 1. The molecule has 3 aromatic rings.